The van der Waals surface area contributed by atoms with Crippen LogP contribution >= 0.6 is 0 Å². The van der Waals surface area contributed by atoms with Gasteiger partial charge in [-0.25, -0.2) is 5.14 Å². The van der Waals surface area contributed by atoms with Crippen LogP contribution in [-0.4, -0.2) is 39.0 Å². The minimum absolute atomic E-state index is 0.213. The van der Waals surface area contributed by atoms with Crippen molar-refractivity contribution in [3.8, 4) is 0 Å². The van der Waals surface area contributed by atoms with Crippen molar-refractivity contribution in [2.24, 2.45) is 5.14 Å². The maximum absolute atomic E-state index is 10.9. The van der Waals surface area contributed by atoms with E-state index >= 15 is 0 Å². The summed E-state index contributed by atoms with van der Waals surface area (Å²) in [7, 11) is -2.06. The van der Waals surface area contributed by atoms with E-state index in [9.17, 15) is 8.42 Å². The molecule has 0 rings (SSSR count). The zero-order valence-corrected chi connectivity index (χ0v) is 8.47. The number of nitrogens with zero attached hydrogens (tertiary/aromatic N) is 1. The summed E-state index contributed by atoms with van der Waals surface area (Å²) in [6.07, 6.45) is 0. The standard InChI is InChI=1S/C6H16N2O3S/c1-4-8(12(7,9)10)6(2)5-11-3/h6H,4-5H2,1-3H3,(H2,7,9,10). The Balaban J connectivity index is 4.35. The van der Waals surface area contributed by atoms with Crippen LogP contribution in [0, 0.1) is 0 Å². The van der Waals surface area contributed by atoms with Crippen LogP contribution in [0.25, 0.3) is 0 Å². The molecule has 1 atom stereocenters. The van der Waals surface area contributed by atoms with E-state index in [-0.39, 0.29) is 6.04 Å². The molecule has 5 nitrogen and oxygen atoms in total. The molecular weight excluding hydrogens is 180 g/mol. The molecule has 0 aliphatic rings. The third-order valence-electron chi connectivity index (χ3n) is 1.54. The van der Waals surface area contributed by atoms with Crippen molar-refractivity contribution in [1.29, 1.82) is 0 Å². The number of ether oxygens (including phenoxy) is 1. The zero-order chi connectivity index (χ0) is 9.78. The fourth-order valence-electron chi connectivity index (χ4n) is 1.07. The number of nitrogens with two attached hydrogens (primary N) is 1. The van der Waals surface area contributed by atoms with Crippen LogP contribution in [0.4, 0.5) is 0 Å². The van der Waals surface area contributed by atoms with Gasteiger partial charge in [-0.2, -0.15) is 12.7 Å². The van der Waals surface area contributed by atoms with Gasteiger partial charge < -0.3 is 4.74 Å². The first-order chi connectivity index (χ1) is 5.43. The van der Waals surface area contributed by atoms with Gasteiger partial charge in [0, 0.05) is 19.7 Å². The summed E-state index contributed by atoms with van der Waals surface area (Å²) in [5.74, 6) is 0. The fourth-order valence-corrected chi connectivity index (χ4v) is 1.99. The third-order valence-corrected chi connectivity index (χ3v) is 2.81. The summed E-state index contributed by atoms with van der Waals surface area (Å²) < 4.78 is 27.9. The molecule has 0 aliphatic heterocycles. The van der Waals surface area contributed by atoms with Gasteiger partial charge in [0.15, 0.2) is 0 Å². The minimum Gasteiger partial charge on any atom is -0.383 e. The summed E-state index contributed by atoms with van der Waals surface area (Å²) >= 11 is 0. The van der Waals surface area contributed by atoms with Crippen LogP contribution in [0.2, 0.25) is 0 Å². The summed E-state index contributed by atoms with van der Waals surface area (Å²) in [6.45, 7) is 4.20. The van der Waals surface area contributed by atoms with Crippen molar-refractivity contribution >= 4 is 10.2 Å². The topological polar surface area (TPSA) is 72.6 Å². The molecule has 0 amide bonds. The van der Waals surface area contributed by atoms with Crippen LogP contribution in [0.5, 0.6) is 0 Å². The van der Waals surface area contributed by atoms with Gasteiger partial charge in [0.05, 0.1) is 6.61 Å². The second-order valence-corrected chi connectivity index (χ2v) is 4.05. The number of methoxy groups -OCH3 is 1. The first kappa shape index (κ1) is 11.8. The van der Waals surface area contributed by atoms with Crippen molar-refractivity contribution in [1.82, 2.24) is 4.31 Å². The van der Waals surface area contributed by atoms with Gasteiger partial charge in [-0.3, -0.25) is 0 Å². The van der Waals surface area contributed by atoms with Gasteiger partial charge in [-0.15, -0.1) is 0 Å². The van der Waals surface area contributed by atoms with Crippen molar-refractivity contribution in [2.75, 3.05) is 20.3 Å². The number of hydrogen-bond donors (Lipinski definition) is 1. The van der Waals surface area contributed by atoms with Gasteiger partial charge >= 0.3 is 0 Å². The first-order valence-electron chi connectivity index (χ1n) is 3.72. The number of hydrogen-bond acceptors (Lipinski definition) is 3. The smallest absolute Gasteiger partial charge is 0.277 e. The van der Waals surface area contributed by atoms with Crippen molar-refractivity contribution in [3.05, 3.63) is 0 Å². The van der Waals surface area contributed by atoms with Crippen molar-refractivity contribution < 1.29 is 13.2 Å². The average Bonchev–Trinajstić information content (AvgIpc) is 1.85. The van der Waals surface area contributed by atoms with E-state index in [0.29, 0.717) is 13.2 Å². The van der Waals surface area contributed by atoms with Crippen molar-refractivity contribution in [2.45, 2.75) is 19.9 Å². The predicted octanol–water partition coefficient (Wildman–Crippen LogP) is -0.453. The van der Waals surface area contributed by atoms with Gasteiger partial charge in [0.25, 0.3) is 10.2 Å². The molecule has 0 aromatic rings. The molecule has 0 aliphatic carbocycles. The lowest BCUT2D eigenvalue weighted by molar-refractivity contribution is 0.143. The monoisotopic (exact) mass is 196 g/mol. The second-order valence-electron chi connectivity index (χ2n) is 2.55. The summed E-state index contributed by atoms with van der Waals surface area (Å²) in [6, 6.07) is -0.213. The Hall–Kier alpha value is -0.170. The van der Waals surface area contributed by atoms with Crippen LogP contribution in [0.3, 0.4) is 0 Å². The van der Waals surface area contributed by atoms with E-state index in [2.05, 4.69) is 0 Å². The molecule has 0 aromatic carbocycles. The lowest BCUT2D eigenvalue weighted by atomic mass is 10.4. The van der Waals surface area contributed by atoms with Crippen molar-refractivity contribution in [3.63, 3.8) is 0 Å². The van der Waals surface area contributed by atoms with Gasteiger partial charge in [0.1, 0.15) is 0 Å². The molecule has 12 heavy (non-hydrogen) atoms. The Morgan fingerprint density at radius 1 is 1.58 bits per heavy atom. The van der Waals surface area contributed by atoms with Crippen LogP contribution in [-0.2, 0) is 14.9 Å². The molecule has 2 N–H and O–H groups in total. The average molecular weight is 196 g/mol. The molecule has 0 saturated carbocycles. The molecular formula is C6H16N2O3S. The number of likely N-dealkylation sites (N-methyl/N-ethyl adjacent to an activating group) is 1. The van der Waals surface area contributed by atoms with E-state index in [1.165, 1.54) is 11.4 Å². The Morgan fingerprint density at radius 3 is 2.33 bits per heavy atom. The predicted molar refractivity (Wildman–Crippen MR) is 46.8 cm³/mol. The Labute approximate surface area is 73.7 Å². The fraction of sp³-hybridized carbons (Fsp3) is 1.00. The highest BCUT2D eigenvalue weighted by atomic mass is 32.2. The highest BCUT2D eigenvalue weighted by molar-refractivity contribution is 7.86. The molecule has 0 aromatic heterocycles. The maximum atomic E-state index is 10.9. The molecule has 74 valence electrons. The number of rotatable bonds is 5. The highest BCUT2D eigenvalue weighted by Gasteiger charge is 2.21. The van der Waals surface area contributed by atoms with E-state index in [0.717, 1.165) is 0 Å². The normalized spacial score (nSPS) is 15.1. The highest BCUT2D eigenvalue weighted by Crippen LogP contribution is 2.02. The first-order valence-corrected chi connectivity index (χ1v) is 5.22. The summed E-state index contributed by atoms with van der Waals surface area (Å²) in [5, 5.41) is 4.96. The van der Waals surface area contributed by atoms with E-state index < -0.39 is 10.2 Å². The van der Waals surface area contributed by atoms with E-state index in [4.69, 9.17) is 9.88 Å². The van der Waals surface area contributed by atoms with Gasteiger partial charge in [-0.1, -0.05) is 6.92 Å². The van der Waals surface area contributed by atoms with E-state index in [1.807, 2.05) is 0 Å². The molecule has 0 saturated heterocycles. The zero-order valence-electron chi connectivity index (χ0n) is 7.65. The van der Waals surface area contributed by atoms with Gasteiger partial charge in [0.2, 0.25) is 0 Å². The summed E-state index contributed by atoms with van der Waals surface area (Å²) in [4.78, 5) is 0. The molecule has 0 bridgehead atoms. The Kier molecular flexibility index (Phi) is 4.69. The SMILES string of the molecule is CCN(C(C)COC)S(N)(=O)=O. The maximum Gasteiger partial charge on any atom is 0.277 e. The molecule has 0 spiro atoms. The van der Waals surface area contributed by atoms with Crippen LogP contribution in [0.1, 0.15) is 13.8 Å². The quantitative estimate of drug-likeness (QED) is 0.647. The lowest BCUT2D eigenvalue weighted by Gasteiger charge is -2.23. The molecule has 6 heteroatoms. The van der Waals surface area contributed by atoms with Crippen LogP contribution in [0.15, 0.2) is 0 Å². The largest absolute Gasteiger partial charge is 0.383 e. The molecule has 1 unspecified atom stereocenters. The molecule has 0 fully saturated rings. The third kappa shape index (κ3) is 3.48. The Bertz CT molecular complexity index is 215. The minimum atomic E-state index is -3.58. The second kappa shape index (κ2) is 4.76. The lowest BCUT2D eigenvalue weighted by Crippen LogP contribution is -2.44. The van der Waals surface area contributed by atoms with Crippen LogP contribution < -0.4 is 5.14 Å². The van der Waals surface area contributed by atoms with E-state index in [1.54, 1.807) is 13.8 Å². The Morgan fingerprint density at radius 2 is 2.08 bits per heavy atom. The summed E-state index contributed by atoms with van der Waals surface area (Å²) in [5.41, 5.74) is 0. The molecule has 0 radical (unpaired) electrons. The van der Waals surface area contributed by atoms with Gasteiger partial charge in [-0.05, 0) is 6.92 Å². The molecule has 0 heterocycles.